The van der Waals surface area contributed by atoms with Gasteiger partial charge in [0.1, 0.15) is 11.9 Å². The van der Waals surface area contributed by atoms with Crippen LogP contribution in [0.1, 0.15) is 35.6 Å². The molecule has 0 spiro atoms. The highest BCUT2D eigenvalue weighted by Gasteiger charge is 2.39. The highest BCUT2D eigenvalue weighted by atomic mass is 19.1. The molecule has 1 amide bonds. The van der Waals surface area contributed by atoms with E-state index in [9.17, 15) is 14.0 Å². The van der Waals surface area contributed by atoms with Crippen molar-refractivity contribution in [2.24, 2.45) is 5.73 Å². The minimum atomic E-state index is -0.814. The topological polar surface area (TPSA) is 72.6 Å². The molecule has 140 valence electrons. The van der Waals surface area contributed by atoms with E-state index in [0.717, 1.165) is 17.5 Å². The Balaban J connectivity index is 1.69. The van der Waals surface area contributed by atoms with E-state index in [4.69, 9.17) is 10.5 Å². The van der Waals surface area contributed by atoms with Gasteiger partial charge in [0.05, 0.1) is 6.04 Å². The summed E-state index contributed by atoms with van der Waals surface area (Å²) >= 11 is 0. The molecule has 0 aromatic heterocycles. The van der Waals surface area contributed by atoms with Crippen LogP contribution in [0.2, 0.25) is 0 Å². The molecule has 6 heteroatoms. The fourth-order valence-electron chi connectivity index (χ4n) is 3.90. The van der Waals surface area contributed by atoms with Crippen LogP contribution >= 0.6 is 0 Å². The average molecular weight is 368 g/mol. The van der Waals surface area contributed by atoms with E-state index < -0.39 is 18.1 Å². The number of hydrogen-bond acceptors (Lipinski definition) is 4. The first-order valence-electron chi connectivity index (χ1n) is 9.14. The Bertz CT molecular complexity index is 868. The van der Waals surface area contributed by atoms with Crippen molar-refractivity contribution in [3.05, 3.63) is 71.0 Å². The van der Waals surface area contributed by atoms with Gasteiger partial charge in [0.25, 0.3) is 5.91 Å². The number of amides is 1. The average Bonchev–Trinajstić information content (AvgIpc) is 2.69. The number of nitrogens with zero attached hydrogens (tertiary/aromatic N) is 1. The van der Waals surface area contributed by atoms with Gasteiger partial charge in [0.2, 0.25) is 0 Å². The number of fused-ring (bicyclic) bond motifs is 1. The molecule has 2 aliphatic rings. The molecule has 0 radical (unpaired) electrons. The Labute approximate surface area is 156 Å². The number of cyclic esters (lactones) is 1. The molecule has 5 nitrogen and oxygen atoms in total. The lowest BCUT2D eigenvalue weighted by atomic mass is 9.87. The molecule has 0 bridgehead atoms. The highest BCUT2D eigenvalue weighted by molar-refractivity contribution is 5.87. The summed E-state index contributed by atoms with van der Waals surface area (Å²) in [5, 5.41) is 0. The van der Waals surface area contributed by atoms with Gasteiger partial charge in [-0.1, -0.05) is 36.4 Å². The zero-order chi connectivity index (χ0) is 19.0. The quantitative estimate of drug-likeness (QED) is 0.826. The Morgan fingerprint density at radius 2 is 1.85 bits per heavy atom. The van der Waals surface area contributed by atoms with Crippen LogP contribution in [0.15, 0.2) is 48.5 Å². The minimum absolute atomic E-state index is 0.223. The largest absolute Gasteiger partial charge is 0.451 e. The number of ether oxygens (including phenoxy) is 1. The Hall–Kier alpha value is -2.73. The molecule has 4 rings (SSSR count). The van der Waals surface area contributed by atoms with Crippen molar-refractivity contribution in [2.75, 3.05) is 6.54 Å². The van der Waals surface area contributed by atoms with Crippen molar-refractivity contribution in [1.82, 2.24) is 4.90 Å². The lowest BCUT2D eigenvalue weighted by molar-refractivity contribution is -0.167. The Morgan fingerprint density at radius 3 is 2.59 bits per heavy atom. The number of halogens is 1. The molecule has 2 heterocycles. The van der Waals surface area contributed by atoms with Crippen molar-refractivity contribution >= 4 is 11.9 Å². The Kier molecular flexibility index (Phi) is 4.66. The van der Waals surface area contributed by atoms with Gasteiger partial charge in [0, 0.05) is 6.54 Å². The van der Waals surface area contributed by atoms with Gasteiger partial charge in [0.15, 0.2) is 6.10 Å². The second kappa shape index (κ2) is 7.12. The second-order valence-corrected chi connectivity index (χ2v) is 7.04. The van der Waals surface area contributed by atoms with Crippen LogP contribution in [0, 0.1) is 5.82 Å². The number of hydrogen-bond donors (Lipinski definition) is 1. The number of carbonyl (C=O) groups excluding carboxylic acids is 2. The van der Waals surface area contributed by atoms with E-state index in [1.165, 1.54) is 17.7 Å². The van der Waals surface area contributed by atoms with Gasteiger partial charge in [-0.15, -0.1) is 0 Å². The van der Waals surface area contributed by atoms with Crippen molar-refractivity contribution < 1.29 is 18.7 Å². The van der Waals surface area contributed by atoms with Gasteiger partial charge in [-0.05, 0) is 48.1 Å². The predicted molar refractivity (Wildman–Crippen MR) is 97.2 cm³/mol. The first kappa shape index (κ1) is 17.7. The molecule has 1 fully saturated rings. The molecule has 0 unspecified atom stereocenters. The Morgan fingerprint density at radius 1 is 1.11 bits per heavy atom. The van der Waals surface area contributed by atoms with E-state index in [2.05, 4.69) is 0 Å². The maximum absolute atomic E-state index is 13.4. The van der Waals surface area contributed by atoms with Crippen LogP contribution < -0.4 is 5.73 Å². The third-order valence-electron chi connectivity index (χ3n) is 5.33. The normalized spacial score (nSPS) is 24.9. The van der Waals surface area contributed by atoms with Crippen LogP contribution in [0.25, 0.3) is 0 Å². The zero-order valence-electron chi connectivity index (χ0n) is 14.8. The van der Waals surface area contributed by atoms with Crippen molar-refractivity contribution in [3.8, 4) is 0 Å². The molecule has 0 saturated carbocycles. The summed E-state index contributed by atoms with van der Waals surface area (Å²) in [6.07, 6.45) is 0.756. The molecule has 27 heavy (non-hydrogen) atoms. The first-order valence-corrected chi connectivity index (χ1v) is 9.14. The monoisotopic (exact) mass is 368 g/mol. The third kappa shape index (κ3) is 3.32. The summed E-state index contributed by atoms with van der Waals surface area (Å²) in [4.78, 5) is 26.8. The smallest absolute Gasteiger partial charge is 0.323 e. The van der Waals surface area contributed by atoms with Crippen LogP contribution in [-0.2, 0) is 20.7 Å². The summed E-state index contributed by atoms with van der Waals surface area (Å²) in [6.45, 7) is 0.512. The van der Waals surface area contributed by atoms with Crippen molar-refractivity contribution in [2.45, 2.75) is 37.5 Å². The van der Waals surface area contributed by atoms with Gasteiger partial charge < -0.3 is 15.4 Å². The number of benzene rings is 2. The summed E-state index contributed by atoms with van der Waals surface area (Å²) in [5.41, 5.74) is 8.69. The fraction of sp³-hybridized carbons (Fsp3) is 0.333. The SMILES string of the molecule is N[C@@H]1CC[C@H](C(=O)N2CCc3ccccc3[C@@H]2c2ccc(F)cc2)OC1=O. The molecule has 2 N–H and O–H groups in total. The molecule has 2 aromatic carbocycles. The molecule has 3 atom stereocenters. The van der Waals surface area contributed by atoms with E-state index in [1.807, 2.05) is 24.3 Å². The van der Waals surface area contributed by atoms with E-state index >= 15 is 0 Å². The van der Waals surface area contributed by atoms with Crippen LogP contribution in [0.3, 0.4) is 0 Å². The molecule has 0 aliphatic carbocycles. The van der Waals surface area contributed by atoms with Gasteiger partial charge >= 0.3 is 5.97 Å². The van der Waals surface area contributed by atoms with Gasteiger partial charge in [-0.3, -0.25) is 9.59 Å². The van der Waals surface area contributed by atoms with E-state index in [-0.39, 0.29) is 17.8 Å². The fourth-order valence-corrected chi connectivity index (χ4v) is 3.90. The lowest BCUT2D eigenvalue weighted by Gasteiger charge is -2.40. The number of rotatable bonds is 2. The molecule has 1 saturated heterocycles. The molecular formula is C21H21FN2O3. The predicted octanol–water partition coefficient (Wildman–Crippen LogP) is 2.33. The van der Waals surface area contributed by atoms with Crippen molar-refractivity contribution in [3.63, 3.8) is 0 Å². The number of nitrogens with two attached hydrogens (primary N) is 1. The zero-order valence-corrected chi connectivity index (χ0v) is 14.8. The number of esters is 1. The lowest BCUT2D eigenvalue weighted by Crippen LogP contribution is -2.50. The maximum atomic E-state index is 13.4. The standard InChI is InChI=1S/C21H21FN2O3/c22-15-7-5-14(6-8-15)19-16-4-2-1-3-13(16)11-12-24(19)20(25)18-10-9-17(23)21(26)27-18/h1-8,17-19H,9-12,23H2/t17-,18-,19+/m1/s1. The number of carbonyl (C=O) groups is 2. The molecular weight excluding hydrogens is 347 g/mol. The third-order valence-corrected chi connectivity index (χ3v) is 5.33. The second-order valence-electron chi connectivity index (χ2n) is 7.04. The van der Waals surface area contributed by atoms with Crippen LogP contribution in [0.4, 0.5) is 4.39 Å². The maximum Gasteiger partial charge on any atom is 0.323 e. The molecule has 2 aromatic rings. The van der Waals surface area contributed by atoms with Gasteiger partial charge in [-0.25, -0.2) is 4.39 Å². The van der Waals surface area contributed by atoms with Crippen LogP contribution in [-0.4, -0.2) is 35.5 Å². The summed E-state index contributed by atoms with van der Waals surface area (Å²) < 4.78 is 18.7. The molecule has 2 aliphatic heterocycles. The summed E-state index contributed by atoms with van der Waals surface area (Å²) in [5.74, 6) is -1.08. The first-order chi connectivity index (χ1) is 13.0. The van der Waals surface area contributed by atoms with E-state index in [0.29, 0.717) is 19.4 Å². The van der Waals surface area contributed by atoms with Crippen LogP contribution in [0.5, 0.6) is 0 Å². The summed E-state index contributed by atoms with van der Waals surface area (Å²) in [6, 6.07) is 13.1. The van der Waals surface area contributed by atoms with Gasteiger partial charge in [-0.2, -0.15) is 0 Å². The van der Waals surface area contributed by atoms with E-state index in [1.54, 1.807) is 17.0 Å². The highest BCUT2D eigenvalue weighted by Crippen LogP contribution is 2.36. The minimum Gasteiger partial charge on any atom is -0.451 e. The summed E-state index contributed by atoms with van der Waals surface area (Å²) in [7, 11) is 0. The van der Waals surface area contributed by atoms with Crippen molar-refractivity contribution in [1.29, 1.82) is 0 Å².